The molecule has 6 atom stereocenters. The first kappa shape index (κ1) is 23.0. The van der Waals surface area contributed by atoms with E-state index in [1.54, 1.807) is 12.1 Å². The van der Waals surface area contributed by atoms with Crippen LogP contribution in [-0.2, 0) is 9.53 Å². The van der Waals surface area contributed by atoms with E-state index in [9.17, 15) is 9.59 Å². The third-order valence-corrected chi connectivity index (χ3v) is 9.06. The number of H-pyrrole nitrogens is 1. The summed E-state index contributed by atoms with van der Waals surface area (Å²) in [5, 5.41) is 15.4. The molecule has 2 aromatic carbocycles. The number of ether oxygens (including phenoxy) is 1. The van der Waals surface area contributed by atoms with Crippen LogP contribution in [0.4, 0.5) is 5.69 Å². The number of rotatable bonds is 3. The van der Waals surface area contributed by atoms with E-state index in [0.717, 1.165) is 30.2 Å². The molecule has 3 aliphatic heterocycles. The van der Waals surface area contributed by atoms with Crippen LogP contribution < -0.4 is 10.6 Å². The molecule has 8 nitrogen and oxygen atoms in total. The summed E-state index contributed by atoms with van der Waals surface area (Å²) >= 11 is 6.08. The molecular weight excluding hydrogens is 490 g/mol. The van der Waals surface area contributed by atoms with Gasteiger partial charge in [-0.25, -0.2) is 0 Å². The molecule has 1 aromatic heterocycles. The number of amides is 2. The molecule has 2 amide bonds. The van der Waals surface area contributed by atoms with E-state index in [1.807, 2.05) is 6.07 Å². The monoisotopic (exact) mass is 519 g/mol. The summed E-state index contributed by atoms with van der Waals surface area (Å²) in [7, 11) is 0. The Morgan fingerprint density at radius 1 is 1.08 bits per heavy atom. The van der Waals surface area contributed by atoms with E-state index in [4.69, 9.17) is 16.3 Å². The summed E-state index contributed by atoms with van der Waals surface area (Å²) in [5.41, 5.74) is 3.55. The quantitative estimate of drug-likeness (QED) is 0.489. The SMILES string of the molecule is O=C(NC1[C@@H]2COC[C@H]1CN(C(=O)C1C3CCC[C@H]1Nc1ccccc13)C2)c1n[nH]c2cc(Cl)ccc12. The lowest BCUT2D eigenvalue weighted by Gasteiger charge is -2.50. The number of carbonyl (C=O) groups excluding carboxylic acids is 2. The highest BCUT2D eigenvalue weighted by atomic mass is 35.5. The van der Waals surface area contributed by atoms with Crippen LogP contribution in [-0.4, -0.2) is 65.3 Å². The number of nitrogens with one attached hydrogen (secondary N) is 3. The second-order valence-corrected chi connectivity index (χ2v) is 11.4. The minimum atomic E-state index is -0.210. The number of para-hydroxylation sites is 1. The first-order valence-corrected chi connectivity index (χ1v) is 13.6. The Hall–Kier alpha value is -3.10. The Labute approximate surface area is 220 Å². The maximum atomic E-state index is 14.0. The molecule has 1 saturated carbocycles. The summed E-state index contributed by atoms with van der Waals surface area (Å²) in [4.78, 5) is 29.3. The van der Waals surface area contributed by atoms with Crippen LogP contribution in [0.3, 0.4) is 0 Å². The molecule has 3 unspecified atom stereocenters. The van der Waals surface area contributed by atoms with Crippen molar-refractivity contribution >= 4 is 40.0 Å². The van der Waals surface area contributed by atoms with Crippen molar-refractivity contribution in [2.75, 3.05) is 31.6 Å². The van der Waals surface area contributed by atoms with Crippen molar-refractivity contribution in [2.24, 2.45) is 17.8 Å². The van der Waals surface area contributed by atoms with Crippen LogP contribution >= 0.6 is 11.6 Å². The molecular formula is C28H30ClN5O3. The van der Waals surface area contributed by atoms with Gasteiger partial charge in [-0.05, 0) is 48.6 Å². The van der Waals surface area contributed by atoms with Gasteiger partial charge >= 0.3 is 0 Å². The highest BCUT2D eigenvalue weighted by Crippen LogP contribution is 2.47. The molecule has 192 valence electrons. The van der Waals surface area contributed by atoms with E-state index in [2.05, 4.69) is 50.0 Å². The fourth-order valence-corrected chi connectivity index (χ4v) is 7.32. The molecule has 3 aromatic rings. The lowest BCUT2D eigenvalue weighted by atomic mass is 9.68. The van der Waals surface area contributed by atoms with Gasteiger partial charge in [-0.1, -0.05) is 36.2 Å². The zero-order valence-corrected chi connectivity index (χ0v) is 21.2. The van der Waals surface area contributed by atoms with E-state index < -0.39 is 0 Å². The topological polar surface area (TPSA) is 99.3 Å². The van der Waals surface area contributed by atoms with Crippen LogP contribution in [0, 0.1) is 17.8 Å². The van der Waals surface area contributed by atoms with Gasteiger partial charge in [0, 0.05) is 53.1 Å². The van der Waals surface area contributed by atoms with Crippen LogP contribution in [0.15, 0.2) is 42.5 Å². The number of hydrogen-bond donors (Lipinski definition) is 3. The Kier molecular flexibility index (Phi) is 5.62. The predicted molar refractivity (Wildman–Crippen MR) is 141 cm³/mol. The smallest absolute Gasteiger partial charge is 0.272 e. The molecule has 0 spiro atoms. The van der Waals surface area contributed by atoms with Crippen molar-refractivity contribution in [2.45, 2.75) is 37.3 Å². The number of fused-ring (bicyclic) bond motifs is 7. The zero-order chi connectivity index (χ0) is 25.1. The summed E-state index contributed by atoms with van der Waals surface area (Å²) in [6.07, 6.45) is 3.21. The van der Waals surface area contributed by atoms with E-state index in [0.29, 0.717) is 37.0 Å². The third kappa shape index (κ3) is 3.89. The molecule has 3 N–H and O–H groups in total. The minimum Gasteiger partial charge on any atom is -0.381 e. The first-order valence-electron chi connectivity index (χ1n) is 13.2. The normalized spacial score (nSPS) is 30.4. The molecule has 0 radical (unpaired) electrons. The van der Waals surface area contributed by atoms with E-state index in [-0.39, 0.29) is 47.6 Å². The second kappa shape index (κ2) is 9.03. The van der Waals surface area contributed by atoms with Crippen LogP contribution in [0.5, 0.6) is 0 Å². The largest absolute Gasteiger partial charge is 0.381 e. The lowest BCUT2D eigenvalue weighted by Crippen LogP contribution is -2.64. The maximum absolute atomic E-state index is 14.0. The van der Waals surface area contributed by atoms with Crippen molar-refractivity contribution in [3.8, 4) is 0 Å². The van der Waals surface area contributed by atoms with Gasteiger partial charge in [0.15, 0.2) is 5.69 Å². The zero-order valence-electron chi connectivity index (χ0n) is 20.5. The Balaban J connectivity index is 1.09. The number of hydrogen-bond acceptors (Lipinski definition) is 5. The Bertz CT molecular complexity index is 1360. The Morgan fingerprint density at radius 2 is 1.89 bits per heavy atom. The molecule has 7 rings (SSSR count). The Morgan fingerprint density at radius 3 is 2.73 bits per heavy atom. The molecule has 4 heterocycles. The number of benzene rings is 2. The molecule has 1 aliphatic carbocycles. The highest BCUT2D eigenvalue weighted by molar-refractivity contribution is 6.31. The highest BCUT2D eigenvalue weighted by Gasteiger charge is 2.48. The van der Waals surface area contributed by atoms with Crippen LogP contribution in [0.1, 0.15) is 41.2 Å². The van der Waals surface area contributed by atoms with Gasteiger partial charge in [0.05, 0.1) is 24.6 Å². The number of aromatic nitrogens is 2. The van der Waals surface area contributed by atoms with Gasteiger partial charge in [-0.15, -0.1) is 0 Å². The number of halogens is 1. The average molecular weight is 520 g/mol. The number of piperidine rings is 1. The van der Waals surface area contributed by atoms with E-state index in [1.165, 1.54) is 11.3 Å². The van der Waals surface area contributed by atoms with Gasteiger partial charge in [-0.3, -0.25) is 14.7 Å². The maximum Gasteiger partial charge on any atom is 0.272 e. The van der Waals surface area contributed by atoms with Gasteiger partial charge in [0.1, 0.15) is 0 Å². The molecule has 3 fully saturated rings. The fraction of sp³-hybridized carbons (Fsp3) is 0.464. The summed E-state index contributed by atoms with van der Waals surface area (Å²) in [6.45, 7) is 2.24. The second-order valence-electron chi connectivity index (χ2n) is 11.0. The standard InChI is InChI=1S/C28H30ClN5O3/c29-17-8-9-20-23(10-17)32-33-26(20)27(35)31-25-15-11-34(12-16(25)14-37-13-15)28(36)24-19-5-3-7-22(24)30-21-6-2-1-4-18(19)21/h1-2,4,6,8-10,15-16,19,22,24-25,30H,3,5,7,11-14H2,(H,31,35)(H,32,33)/t15-,16+,19?,22-,24?,25?/m1/s1. The lowest BCUT2D eigenvalue weighted by molar-refractivity contribution is -0.146. The number of carbonyl (C=O) groups is 2. The molecule has 9 heteroatoms. The van der Waals surface area contributed by atoms with Crippen molar-refractivity contribution < 1.29 is 14.3 Å². The van der Waals surface area contributed by atoms with Crippen molar-refractivity contribution in [1.82, 2.24) is 20.4 Å². The average Bonchev–Trinajstić information content (AvgIpc) is 3.31. The minimum absolute atomic E-state index is 0.0429. The first-order chi connectivity index (χ1) is 18.1. The molecule has 4 aliphatic rings. The van der Waals surface area contributed by atoms with Crippen LogP contribution in [0.25, 0.3) is 10.9 Å². The molecule has 2 saturated heterocycles. The number of likely N-dealkylation sites (tertiary alicyclic amines) is 1. The molecule has 37 heavy (non-hydrogen) atoms. The summed E-state index contributed by atoms with van der Waals surface area (Å²) < 4.78 is 5.88. The number of nitrogens with zero attached hydrogens (tertiary/aromatic N) is 2. The van der Waals surface area contributed by atoms with Crippen molar-refractivity contribution in [3.05, 3.63) is 58.7 Å². The van der Waals surface area contributed by atoms with Gasteiger partial charge < -0.3 is 20.3 Å². The van der Waals surface area contributed by atoms with E-state index >= 15 is 0 Å². The van der Waals surface area contributed by atoms with Crippen molar-refractivity contribution in [1.29, 1.82) is 0 Å². The van der Waals surface area contributed by atoms with Gasteiger partial charge in [0.2, 0.25) is 5.91 Å². The number of anilines is 1. The molecule has 4 bridgehead atoms. The summed E-state index contributed by atoms with van der Waals surface area (Å²) in [5.74, 6) is 0.344. The number of aromatic amines is 1. The van der Waals surface area contributed by atoms with Crippen molar-refractivity contribution in [3.63, 3.8) is 0 Å². The van der Waals surface area contributed by atoms with Gasteiger partial charge in [-0.2, -0.15) is 5.10 Å². The third-order valence-electron chi connectivity index (χ3n) is 8.82. The predicted octanol–water partition coefficient (Wildman–Crippen LogP) is 3.80. The fourth-order valence-electron chi connectivity index (χ4n) is 7.15. The van der Waals surface area contributed by atoms with Gasteiger partial charge in [0.25, 0.3) is 5.91 Å². The van der Waals surface area contributed by atoms with Crippen LogP contribution in [0.2, 0.25) is 5.02 Å². The summed E-state index contributed by atoms with van der Waals surface area (Å²) in [6, 6.07) is 13.9.